The number of halogens is 3. The number of aliphatic imine (C=N–C) groups is 1. The SMILES string of the molecule is C=Nc1ccc(OCC(F)(F)F)nc1Nc1ccc(N)cc1. The van der Waals surface area contributed by atoms with Crippen molar-refractivity contribution in [3.8, 4) is 5.88 Å². The van der Waals surface area contributed by atoms with Crippen molar-refractivity contribution in [1.29, 1.82) is 0 Å². The molecular formula is C14H13F3N4O. The van der Waals surface area contributed by atoms with Crippen LogP contribution in [0.2, 0.25) is 0 Å². The topological polar surface area (TPSA) is 72.5 Å². The monoisotopic (exact) mass is 310 g/mol. The summed E-state index contributed by atoms with van der Waals surface area (Å²) in [7, 11) is 0. The Morgan fingerprint density at radius 2 is 1.86 bits per heavy atom. The van der Waals surface area contributed by atoms with E-state index in [9.17, 15) is 13.2 Å². The maximum absolute atomic E-state index is 12.2. The van der Waals surface area contributed by atoms with Crippen LogP contribution in [-0.4, -0.2) is 24.5 Å². The second-order valence-corrected chi connectivity index (χ2v) is 4.33. The molecular weight excluding hydrogens is 297 g/mol. The van der Waals surface area contributed by atoms with Gasteiger partial charge in [-0.25, -0.2) is 0 Å². The van der Waals surface area contributed by atoms with E-state index < -0.39 is 12.8 Å². The molecule has 0 aliphatic rings. The zero-order chi connectivity index (χ0) is 16.2. The lowest BCUT2D eigenvalue weighted by molar-refractivity contribution is -0.154. The van der Waals surface area contributed by atoms with Crippen LogP contribution >= 0.6 is 0 Å². The third-order valence-electron chi connectivity index (χ3n) is 2.58. The van der Waals surface area contributed by atoms with Gasteiger partial charge in [0.25, 0.3) is 0 Å². The van der Waals surface area contributed by atoms with Crippen molar-refractivity contribution in [2.24, 2.45) is 4.99 Å². The van der Waals surface area contributed by atoms with Crippen molar-refractivity contribution in [3.05, 3.63) is 36.4 Å². The van der Waals surface area contributed by atoms with E-state index in [1.165, 1.54) is 12.1 Å². The Labute approximate surface area is 124 Å². The lowest BCUT2D eigenvalue weighted by Gasteiger charge is -2.12. The van der Waals surface area contributed by atoms with E-state index in [4.69, 9.17) is 5.73 Å². The molecule has 8 heteroatoms. The normalized spacial score (nSPS) is 11.0. The van der Waals surface area contributed by atoms with Crippen LogP contribution in [0.3, 0.4) is 0 Å². The Hall–Kier alpha value is -2.77. The Morgan fingerprint density at radius 1 is 1.18 bits per heavy atom. The highest BCUT2D eigenvalue weighted by atomic mass is 19.4. The lowest BCUT2D eigenvalue weighted by atomic mass is 10.3. The van der Waals surface area contributed by atoms with Crippen LogP contribution in [0.4, 0.5) is 36.1 Å². The first kappa shape index (κ1) is 15.6. The fourth-order valence-corrected chi connectivity index (χ4v) is 1.59. The summed E-state index contributed by atoms with van der Waals surface area (Å²) in [4.78, 5) is 7.72. The molecule has 0 amide bonds. The molecule has 0 bridgehead atoms. The number of rotatable bonds is 5. The van der Waals surface area contributed by atoms with Gasteiger partial charge in [-0.1, -0.05) is 0 Å². The molecule has 0 unspecified atom stereocenters. The average molecular weight is 310 g/mol. The van der Waals surface area contributed by atoms with Crippen LogP contribution < -0.4 is 15.8 Å². The molecule has 116 valence electrons. The van der Waals surface area contributed by atoms with Crippen LogP contribution in [0, 0.1) is 0 Å². The molecule has 2 rings (SSSR count). The van der Waals surface area contributed by atoms with Gasteiger partial charge in [0.05, 0.1) is 0 Å². The van der Waals surface area contributed by atoms with Gasteiger partial charge in [0, 0.05) is 17.4 Å². The Kier molecular flexibility index (Phi) is 4.50. The smallest absolute Gasteiger partial charge is 0.422 e. The van der Waals surface area contributed by atoms with Gasteiger partial charge in [0.15, 0.2) is 12.4 Å². The summed E-state index contributed by atoms with van der Waals surface area (Å²) in [5.74, 6) is 0.0714. The first-order valence-electron chi connectivity index (χ1n) is 6.17. The van der Waals surface area contributed by atoms with Crippen molar-refractivity contribution >= 4 is 29.6 Å². The summed E-state index contributed by atoms with van der Waals surface area (Å²) in [5, 5.41) is 2.93. The summed E-state index contributed by atoms with van der Waals surface area (Å²) in [6.07, 6.45) is -4.43. The molecule has 0 spiro atoms. The number of nitrogens with one attached hydrogen (secondary N) is 1. The van der Waals surface area contributed by atoms with Gasteiger partial charge in [-0.15, -0.1) is 0 Å². The number of nitrogen functional groups attached to an aromatic ring is 1. The van der Waals surface area contributed by atoms with Crippen molar-refractivity contribution in [1.82, 2.24) is 4.98 Å². The zero-order valence-corrected chi connectivity index (χ0v) is 11.4. The fraction of sp³-hybridized carbons (Fsp3) is 0.143. The minimum Gasteiger partial charge on any atom is -0.468 e. The average Bonchev–Trinajstić information content (AvgIpc) is 2.47. The maximum Gasteiger partial charge on any atom is 0.422 e. The molecule has 2 aromatic rings. The number of ether oxygens (including phenoxy) is 1. The predicted molar refractivity (Wildman–Crippen MR) is 79.1 cm³/mol. The van der Waals surface area contributed by atoms with Crippen LogP contribution in [0.15, 0.2) is 41.4 Å². The number of nitrogens with two attached hydrogens (primary N) is 1. The highest BCUT2D eigenvalue weighted by Gasteiger charge is 2.28. The Bertz CT molecular complexity index is 656. The first-order valence-corrected chi connectivity index (χ1v) is 6.17. The predicted octanol–water partition coefficient (Wildman–Crippen LogP) is 3.68. The van der Waals surface area contributed by atoms with Gasteiger partial charge in [-0.2, -0.15) is 18.2 Å². The number of alkyl halides is 3. The molecule has 0 saturated heterocycles. The fourth-order valence-electron chi connectivity index (χ4n) is 1.59. The van der Waals surface area contributed by atoms with Crippen molar-refractivity contribution < 1.29 is 17.9 Å². The van der Waals surface area contributed by atoms with Gasteiger partial charge in [-0.3, -0.25) is 4.99 Å². The number of hydrogen-bond donors (Lipinski definition) is 2. The molecule has 0 aliphatic heterocycles. The largest absolute Gasteiger partial charge is 0.468 e. The van der Waals surface area contributed by atoms with Crippen molar-refractivity contribution in [2.75, 3.05) is 17.7 Å². The van der Waals surface area contributed by atoms with E-state index in [1.807, 2.05) is 0 Å². The number of aromatic nitrogens is 1. The highest BCUT2D eigenvalue weighted by Crippen LogP contribution is 2.29. The van der Waals surface area contributed by atoms with E-state index in [1.54, 1.807) is 24.3 Å². The number of hydrogen-bond acceptors (Lipinski definition) is 5. The van der Waals surface area contributed by atoms with E-state index in [-0.39, 0.29) is 11.7 Å². The molecule has 0 fully saturated rings. The number of anilines is 3. The van der Waals surface area contributed by atoms with Crippen LogP contribution in [0.1, 0.15) is 0 Å². The lowest BCUT2D eigenvalue weighted by Crippen LogP contribution is -2.19. The maximum atomic E-state index is 12.2. The van der Waals surface area contributed by atoms with Gasteiger partial charge in [0.1, 0.15) is 5.69 Å². The summed E-state index contributed by atoms with van der Waals surface area (Å²) < 4.78 is 41.1. The third kappa shape index (κ3) is 4.37. The second-order valence-electron chi connectivity index (χ2n) is 4.33. The number of benzene rings is 1. The quantitative estimate of drug-likeness (QED) is 0.652. The van der Waals surface area contributed by atoms with E-state index >= 15 is 0 Å². The minimum absolute atomic E-state index is 0.164. The number of nitrogens with zero attached hydrogens (tertiary/aromatic N) is 2. The Balaban J connectivity index is 2.20. The van der Waals surface area contributed by atoms with Crippen molar-refractivity contribution in [3.63, 3.8) is 0 Å². The first-order chi connectivity index (χ1) is 10.4. The summed E-state index contributed by atoms with van der Waals surface area (Å²) in [5.41, 5.74) is 7.21. The van der Waals surface area contributed by atoms with Crippen LogP contribution in [0.5, 0.6) is 5.88 Å². The highest BCUT2D eigenvalue weighted by molar-refractivity contribution is 5.71. The van der Waals surface area contributed by atoms with Crippen molar-refractivity contribution in [2.45, 2.75) is 6.18 Å². The van der Waals surface area contributed by atoms with Gasteiger partial charge >= 0.3 is 6.18 Å². The molecule has 0 aliphatic carbocycles. The molecule has 0 radical (unpaired) electrons. The molecule has 1 aromatic carbocycles. The van der Waals surface area contributed by atoms with E-state index in [0.29, 0.717) is 17.1 Å². The number of pyridine rings is 1. The molecule has 0 atom stereocenters. The zero-order valence-electron chi connectivity index (χ0n) is 11.4. The van der Waals surface area contributed by atoms with Gasteiger partial charge in [0.2, 0.25) is 5.88 Å². The molecule has 1 heterocycles. The molecule has 1 aromatic heterocycles. The molecule has 3 N–H and O–H groups in total. The van der Waals surface area contributed by atoms with Gasteiger partial charge in [-0.05, 0) is 37.0 Å². The third-order valence-corrected chi connectivity index (χ3v) is 2.58. The standard InChI is InChI=1S/C14H13F3N4O/c1-19-11-6-7-12(22-8-14(15,16)17)21-13(11)20-10-4-2-9(18)3-5-10/h2-7H,1,8,18H2,(H,20,21). The molecule has 0 saturated carbocycles. The minimum atomic E-state index is -4.43. The second kappa shape index (κ2) is 6.33. The Morgan fingerprint density at radius 3 is 2.45 bits per heavy atom. The van der Waals surface area contributed by atoms with E-state index in [2.05, 4.69) is 26.7 Å². The van der Waals surface area contributed by atoms with Crippen LogP contribution in [-0.2, 0) is 0 Å². The summed E-state index contributed by atoms with van der Waals surface area (Å²) in [6.45, 7) is 1.98. The van der Waals surface area contributed by atoms with E-state index in [0.717, 1.165) is 0 Å². The summed E-state index contributed by atoms with van der Waals surface area (Å²) >= 11 is 0. The van der Waals surface area contributed by atoms with Gasteiger partial charge < -0.3 is 15.8 Å². The summed E-state index contributed by atoms with van der Waals surface area (Å²) in [6, 6.07) is 9.51. The molecule has 22 heavy (non-hydrogen) atoms. The molecule has 5 nitrogen and oxygen atoms in total. The van der Waals surface area contributed by atoms with Crippen LogP contribution in [0.25, 0.3) is 0 Å².